The molecule has 0 radical (unpaired) electrons. The molecule has 0 aromatic carbocycles. The Labute approximate surface area is 93.1 Å². The largest absolute Gasteiger partial charge is 0.392 e. The van der Waals surface area contributed by atoms with Crippen LogP contribution in [0.3, 0.4) is 0 Å². The van der Waals surface area contributed by atoms with E-state index in [1.807, 2.05) is 6.92 Å². The predicted molar refractivity (Wildman–Crippen MR) is 61.7 cm³/mol. The zero-order chi connectivity index (χ0) is 11.9. The summed E-state index contributed by atoms with van der Waals surface area (Å²) in [5.41, 5.74) is -0.220. The van der Waals surface area contributed by atoms with Gasteiger partial charge in [0.25, 0.3) is 0 Å². The summed E-state index contributed by atoms with van der Waals surface area (Å²) >= 11 is 0. The fourth-order valence-corrected chi connectivity index (χ4v) is 2.37. The lowest BCUT2D eigenvalue weighted by Gasteiger charge is -2.56. The first-order valence-electron chi connectivity index (χ1n) is 5.80. The van der Waals surface area contributed by atoms with Crippen molar-refractivity contribution in [2.24, 2.45) is 5.41 Å². The number of piperidine rings is 1. The third-order valence-electron chi connectivity index (χ3n) is 4.36. The van der Waals surface area contributed by atoms with Crippen LogP contribution in [0.25, 0.3) is 0 Å². The maximum atomic E-state index is 10.0. The zero-order valence-electron chi connectivity index (χ0n) is 10.6. The molecule has 0 bridgehead atoms. The summed E-state index contributed by atoms with van der Waals surface area (Å²) in [5.74, 6) is 0. The van der Waals surface area contributed by atoms with Gasteiger partial charge in [0.05, 0.1) is 12.2 Å². The van der Waals surface area contributed by atoms with Crippen molar-refractivity contribution >= 4 is 0 Å². The molecule has 1 saturated heterocycles. The van der Waals surface area contributed by atoms with Crippen LogP contribution in [0.15, 0.2) is 0 Å². The summed E-state index contributed by atoms with van der Waals surface area (Å²) < 4.78 is 0. The first kappa shape index (κ1) is 12.9. The summed E-state index contributed by atoms with van der Waals surface area (Å²) in [6, 6.07) is 0. The van der Waals surface area contributed by atoms with Crippen LogP contribution in [-0.4, -0.2) is 45.9 Å². The van der Waals surface area contributed by atoms with Crippen molar-refractivity contribution < 1.29 is 10.2 Å². The first-order valence-corrected chi connectivity index (χ1v) is 5.80. The molecule has 90 valence electrons. The zero-order valence-corrected chi connectivity index (χ0v) is 10.6. The second kappa shape index (κ2) is 4.04. The average molecular weight is 215 g/mol. The highest BCUT2D eigenvalue weighted by Crippen LogP contribution is 2.43. The second-order valence-electron chi connectivity index (χ2n) is 5.88. The molecule has 2 atom stereocenters. The summed E-state index contributed by atoms with van der Waals surface area (Å²) in [6.45, 7) is 11.9. The predicted octanol–water partition coefficient (Wildman–Crippen LogP) is 1.24. The number of likely N-dealkylation sites (tertiary alicyclic amines) is 1. The van der Waals surface area contributed by atoms with Crippen LogP contribution in [0.4, 0.5) is 0 Å². The van der Waals surface area contributed by atoms with Crippen molar-refractivity contribution in [3.05, 3.63) is 0 Å². The minimum atomic E-state index is -0.310. The van der Waals surface area contributed by atoms with Gasteiger partial charge in [-0.05, 0) is 27.2 Å². The summed E-state index contributed by atoms with van der Waals surface area (Å²) in [6.07, 6.45) is 0.233. The Hall–Kier alpha value is -0.120. The number of hydrogen-bond acceptors (Lipinski definition) is 3. The van der Waals surface area contributed by atoms with E-state index in [0.29, 0.717) is 6.54 Å². The van der Waals surface area contributed by atoms with E-state index in [4.69, 9.17) is 0 Å². The molecule has 0 amide bonds. The Morgan fingerprint density at radius 2 is 1.87 bits per heavy atom. The molecule has 3 nitrogen and oxygen atoms in total. The van der Waals surface area contributed by atoms with E-state index in [1.54, 1.807) is 0 Å². The van der Waals surface area contributed by atoms with Crippen LogP contribution in [-0.2, 0) is 0 Å². The molecule has 0 saturated carbocycles. The van der Waals surface area contributed by atoms with E-state index in [9.17, 15) is 10.2 Å². The van der Waals surface area contributed by atoms with Gasteiger partial charge in [-0.2, -0.15) is 0 Å². The van der Waals surface area contributed by atoms with Crippen molar-refractivity contribution in [3.8, 4) is 0 Å². The maximum absolute atomic E-state index is 10.0. The Bertz CT molecular complexity index is 224. The van der Waals surface area contributed by atoms with Crippen molar-refractivity contribution in [2.45, 2.75) is 58.8 Å². The van der Waals surface area contributed by atoms with E-state index >= 15 is 0 Å². The van der Waals surface area contributed by atoms with Crippen LogP contribution in [0, 0.1) is 5.41 Å². The van der Waals surface area contributed by atoms with E-state index < -0.39 is 0 Å². The minimum absolute atomic E-state index is 0.0817. The maximum Gasteiger partial charge on any atom is 0.0639 e. The standard InChI is InChI=1S/C12H25NO2/c1-9(14)8-13-7-6-10(15)11(2,3)12(13,4)5/h9-10,14-15H,6-8H2,1-5H3. The molecule has 1 fully saturated rings. The molecule has 1 aliphatic heterocycles. The Kier molecular flexibility index (Phi) is 3.49. The average Bonchev–Trinajstić information content (AvgIpc) is 2.08. The highest BCUT2D eigenvalue weighted by Gasteiger charge is 2.49. The van der Waals surface area contributed by atoms with E-state index in [0.717, 1.165) is 13.0 Å². The van der Waals surface area contributed by atoms with Gasteiger partial charge >= 0.3 is 0 Å². The van der Waals surface area contributed by atoms with Gasteiger partial charge in [-0.1, -0.05) is 13.8 Å². The molecule has 0 aromatic rings. The monoisotopic (exact) mass is 215 g/mol. The van der Waals surface area contributed by atoms with Crippen LogP contribution in [0.1, 0.15) is 41.0 Å². The number of rotatable bonds is 2. The van der Waals surface area contributed by atoms with E-state index in [2.05, 4.69) is 32.6 Å². The van der Waals surface area contributed by atoms with Crippen LogP contribution in [0.5, 0.6) is 0 Å². The number of aliphatic hydroxyl groups excluding tert-OH is 2. The van der Waals surface area contributed by atoms with E-state index in [-0.39, 0.29) is 23.2 Å². The van der Waals surface area contributed by atoms with Gasteiger partial charge in [0.15, 0.2) is 0 Å². The molecule has 2 unspecified atom stereocenters. The second-order valence-corrected chi connectivity index (χ2v) is 5.88. The Morgan fingerprint density at radius 1 is 1.33 bits per heavy atom. The molecule has 0 aliphatic carbocycles. The topological polar surface area (TPSA) is 43.7 Å². The minimum Gasteiger partial charge on any atom is -0.392 e. The fraction of sp³-hybridized carbons (Fsp3) is 1.00. The molecule has 0 spiro atoms. The fourth-order valence-electron chi connectivity index (χ4n) is 2.37. The molecular formula is C12H25NO2. The first-order chi connectivity index (χ1) is 6.69. The highest BCUT2D eigenvalue weighted by molar-refractivity contribution is 5.03. The number of β-amino-alcohol motifs (C(OH)–C–C–N with tert-alkyl or cyclic N) is 1. The lowest BCUT2D eigenvalue weighted by molar-refractivity contribution is -0.121. The highest BCUT2D eigenvalue weighted by atomic mass is 16.3. The molecule has 1 heterocycles. The normalized spacial score (nSPS) is 32.6. The van der Waals surface area contributed by atoms with Gasteiger partial charge in [0, 0.05) is 24.0 Å². The molecule has 2 N–H and O–H groups in total. The third-order valence-corrected chi connectivity index (χ3v) is 4.36. The Balaban J connectivity index is 2.85. The van der Waals surface area contributed by atoms with Gasteiger partial charge in [-0.15, -0.1) is 0 Å². The molecule has 0 aromatic heterocycles. The third kappa shape index (κ3) is 2.19. The van der Waals surface area contributed by atoms with Crippen LogP contribution in [0.2, 0.25) is 0 Å². The van der Waals surface area contributed by atoms with E-state index in [1.165, 1.54) is 0 Å². The van der Waals surface area contributed by atoms with Gasteiger partial charge in [0.2, 0.25) is 0 Å². The van der Waals surface area contributed by atoms with Gasteiger partial charge in [-0.25, -0.2) is 0 Å². The van der Waals surface area contributed by atoms with Crippen LogP contribution < -0.4 is 0 Å². The molecular weight excluding hydrogens is 190 g/mol. The lowest BCUT2D eigenvalue weighted by Crippen LogP contribution is -2.64. The molecule has 1 aliphatic rings. The molecule has 15 heavy (non-hydrogen) atoms. The molecule has 3 heteroatoms. The van der Waals surface area contributed by atoms with Gasteiger partial charge < -0.3 is 10.2 Å². The smallest absolute Gasteiger partial charge is 0.0639 e. The van der Waals surface area contributed by atoms with Crippen molar-refractivity contribution in [2.75, 3.05) is 13.1 Å². The Morgan fingerprint density at radius 3 is 2.33 bits per heavy atom. The summed E-state index contributed by atoms with van der Waals surface area (Å²) in [4.78, 5) is 2.28. The van der Waals surface area contributed by atoms with Crippen LogP contribution >= 0.6 is 0 Å². The quantitative estimate of drug-likeness (QED) is 0.728. The number of hydrogen-bond donors (Lipinski definition) is 2. The van der Waals surface area contributed by atoms with Crippen molar-refractivity contribution in [1.82, 2.24) is 4.90 Å². The van der Waals surface area contributed by atoms with Crippen molar-refractivity contribution in [3.63, 3.8) is 0 Å². The van der Waals surface area contributed by atoms with Crippen molar-refractivity contribution in [1.29, 1.82) is 0 Å². The summed E-state index contributed by atoms with van der Waals surface area (Å²) in [7, 11) is 0. The van der Waals surface area contributed by atoms with Gasteiger partial charge in [0.1, 0.15) is 0 Å². The summed E-state index contributed by atoms with van der Waals surface area (Å²) in [5, 5.41) is 19.5. The molecule has 1 rings (SSSR count). The van der Waals surface area contributed by atoms with Gasteiger partial charge in [-0.3, -0.25) is 4.90 Å². The lowest BCUT2D eigenvalue weighted by atomic mass is 9.66. The SMILES string of the molecule is CC(O)CN1CCC(O)C(C)(C)C1(C)C. The number of aliphatic hydroxyl groups is 2. The number of nitrogens with zero attached hydrogens (tertiary/aromatic N) is 1.